The van der Waals surface area contributed by atoms with E-state index in [2.05, 4.69) is 6.07 Å². The van der Waals surface area contributed by atoms with Crippen LogP contribution in [0.3, 0.4) is 0 Å². The Kier molecular flexibility index (Phi) is 4.17. The van der Waals surface area contributed by atoms with Gasteiger partial charge in [0.2, 0.25) is 0 Å². The van der Waals surface area contributed by atoms with Crippen LogP contribution in [0.1, 0.15) is 11.1 Å². The van der Waals surface area contributed by atoms with Crippen molar-refractivity contribution >= 4 is 6.03 Å². The Morgan fingerprint density at radius 2 is 2.19 bits per heavy atom. The maximum atomic E-state index is 10.9. The number of nitrogens with zero attached hydrogens (tertiary/aromatic N) is 1. The number of primary amides is 1. The Bertz CT molecular complexity index is 377. The van der Waals surface area contributed by atoms with Gasteiger partial charge >= 0.3 is 6.03 Å². The standard InChI is InChI=1S/C12H18N2O2/c1-9-4-5-11(16-3)10(8-9)6-7-14(2)12(13)15/h4-5,8H,6-7H2,1-3H3,(H2,13,15). The molecule has 0 spiro atoms. The highest BCUT2D eigenvalue weighted by Crippen LogP contribution is 2.20. The summed E-state index contributed by atoms with van der Waals surface area (Å²) in [7, 11) is 3.33. The highest BCUT2D eigenvalue weighted by atomic mass is 16.5. The normalized spacial score (nSPS) is 9.94. The van der Waals surface area contributed by atoms with Crippen LogP contribution >= 0.6 is 0 Å². The Morgan fingerprint density at radius 1 is 1.50 bits per heavy atom. The second-order valence-corrected chi connectivity index (χ2v) is 3.83. The summed E-state index contributed by atoms with van der Waals surface area (Å²) in [6, 6.07) is 5.59. The number of carbonyl (C=O) groups is 1. The number of ether oxygens (including phenoxy) is 1. The van der Waals surface area contributed by atoms with Crippen molar-refractivity contribution in [3.05, 3.63) is 29.3 Å². The molecule has 1 rings (SSSR count). The van der Waals surface area contributed by atoms with Gasteiger partial charge in [-0.15, -0.1) is 0 Å². The molecule has 0 bridgehead atoms. The lowest BCUT2D eigenvalue weighted by Crippen LogP contribution is -2.33. The Morgan fingerprint density at radius 3 is 2.75 bits per heavy atom. The van der Waals surface area contributed by atoms with Crippen LogP contribution < -0.4 is 10.5 Å². The molecule has 1 aromatic rings. The second-order valence-electron chi connectivity index (χ2n) is 3.83. The first-order valence-corrected chi connectivity index (χ1v) is 5.18. The van der Waals surface area contributed by atoms with Gasteiger partial charge in [-0.25, -0.2) is 4.79 Å². The quantitative estimate of drug-likeness (QED) is 0.840. The van der Waals surface area contributed by atoms with Gasteiger partial charge in [0.05, 0.1) is 7.11 Å². The molecule has 0 fully saturated rings. The lowest BCUT2D eigenvalue weighted by atomic mass is 10.1. The van der Waals surface area contributed by atoms with Gasteiger partial charge in [0.1, 0.15) is 5.75 Å². The van der Waals surface area contributed by atoms with Crippen LogP contribution in [0.2, 0.25) is 0 Å². The summed E-state index contributed by atoms with van der Waals surface area (Å²) >= 11 is 0. The number of hydrogen-bond acceptors (Lipinski definition) is 2. The molecule has 4 nitrogen and oxygen atoms in total. The van der Waals surface area contributed by atoms with Crippen LogP contribution in [-0.2, 0) is 6.42 Å². The maximum absolute atomic E-state index is 10.9. The van der Waals surface area contributed by atoms with Gasteiger partial charge in [0.25, 0.3) is 0 Å². The van der Waals surface area contributed by atoms with Crippen molar-refractivity contribution in [2.75, 3.05) is 20.7 Å². The molecule has 16 heavy (non-hydrogen) atoms. The molecule has 0 aliphatic carbocycles. The van der Waals surface area contributed by atoms with E-state index in [0.717, 1.165) is 17.7 Å². The highest BCUT2D eigenvalue weighted by molar-refractivity contribution is 5.71. The zero-order valence-electron chi connectivity index (χ0n) is 9.99. The van der Waals surface area contributed by atoms with E-state index in [9.17, 15) is 4.79 Å². The number of rotatable bonds is 4. The first-order chi connectivity index (χ1) is 7.54. The molecule has 0 aromatic heterocycles. The third-order valence-electron chi connectivity index (χ3n) is 2.53. The first-order valence-electron chi connectivity index (χ1n) is 5.18. The summed E-state index contributed by atoms with van der Waals surface area (Å²) in [5.74, 6) is 0.850. The number of nitrogens with two attached hydrogens (primary N) is 1. The topological polar surface area (TPSA) is 55.6 Å². The molecule has 0 saturated carbocycles. The van der Waals surface area contributed by atoms with Crippen molar-refractivity contribution in [1.82, 2.24) is 4.90 Å². The zero-order chi connectivity index (χ0) is 12.1. The van der Waals surface area contributed by atoms with Gasteiger partial charge in [-0.05, 0) is 25.0 Å². The van der Waals surface area contributed by atoms with E-state index in [1.54, 1.807) is 14.2 Å². The summed E-state index contributed by atoms with van der Waals surface area (Å²) in [4.78, 5) is 12.3. The van der Waals surface area contributed by atoms with Crippen LogP contribution in [0.15, 0.2) is 18.2 Å². The fourth-order valence-corrected chi connectivity index (χ4v) is 1.50. The number of carbonyl (C=O) groups excluding carboxylic acids is 1. The summed E-state index contributed by atoms with van der Waals surface area (Å²) in [5, 5.41) is 0. The minimum Gasteiger partial charge on any atom is -0.496 e. The molecule has 0 unspecified atom stereocenters. The van der Waals surface area contributed by atoms with Gasteiger partial charge < -0.3 is 15.4 Å². The number of urea groups is 1. The van der Waals surface area contributed by atoms with Crippen molar-refractivity contribution in [3.8, 4) is 5.75 Å². The summed E-state index contributed by atoms with van der Waals surface area (Å²) in [5.41, 5.74) is 7.43. The lowest BCUT2D eigenvalue weighted by Gasteiger charge is -2.15. The van der Waals surface area contributed by atoms with E-state index in [0.29, 0.717) is 6.54 Å². The van der Waals surface area contributed by atoms with Crippen LogP contribution in [-0.4, -0.2) is 31.6 Å². The molecule has 1 aromatic carbocycles. The molecule has 88 valence electrons. The minimum absolute atomic E-state index is 0.411. The SMILES string of the molecule is COc1ccc(C)cc1CCN(C)C(N)=O. The highest BCUT2D eigenvalue weighted by Gasteiger charge is 2.07. The summed E-state index contributed by atoms with van der Waals surface area (Å²) in [6.45, 7) is 2.62. The number of hydrogen-bond donors (Lipinski definition) is 1. The van der Waals surface area contributed by atoms with E-state index in [1.165, 1.54) is 10.5 Å². The number of amides is 2. The predicted molar refractivity (Wildman–Crippen MR) is 63.6 cm³/mol. The van der Waals surface area contributed by atoms with Gasteiger partial charge in [-0.3, -0.25) is 0 Å². The Labute approximate surface area is 96.0 Å². The van der Waals surface area contributed by atoms with Crippen molar-refractivity contribution < 1.29 is 9.53 Å². The van der Waals surface area contributed by atoms with E-state index < -0.39 is 6.03 Å². The number of benzene rings is 1. The maximum Gasteiger partial charge on any atom is 0.314 e. The van der Waals surface area contributed by atoms with Crippen molar-refractivity contribution in [1.29, 1.82) is 0 Å². The number of likely N-dealkylation sites (N-methyl/N-ethyl adjacent to an activating group) is 1. The fraction of sp³-hybridized carbons (Fsp3) is 0.417. The van der Waals surface area contributed by atoms with E-state index in [1.807, 2.05) is 19.1 Å². The number of methoxy groups -OCH3 is 1. The van der Waals surface area contributed by atoms with Crippen molar-refractivity contribution in [3.63, 3.8) is 0 Å². The van der Waals surface area contributed by atoms with Crippen LogP contribution in [0.25, 0.3) is 0 Å². The molecule has 0 atom stereocenters. The molecule has 2 N–H and O–H groups in total. The van der Waals surface area contributed by atoms with Crippen LogP contribution in [0, 0.1) is 6.92 Å². The number of aryl methyl sites for hydroxylation is 1. The van der Waals surface area contributed by atoms with Crippen molar-refractivity contribution in [2.45, 2.75) is 13.3 Å². The molecule has 0 aliphatic rings. The van der Waals surface area contributed by atoms with Gasteiger partial charge in [0, 0.05) is 13.6 Å². The molecule has 0 radical (unpaired) electrons. The average Bonchev–Trinajstić information content (AvgIpc) is 2.25. The average molecular weight is 222 g/mol. The molecular weight excluding hydrogens is 204 g/mol. The zero-order valence-corrected chi connectivity index (χ0v) is 9.99. The molecule has 4 heteroatoms. The third-order valence-corrected chi connectivity index (χ3v) is 2.53. The smallest absolute Gasteiger partial charge is 0.314 e. The van der Waals surface area contributed by atoms with Crippen molar-refractivity contribution in [2.24, 2.45) is 5.73 Å². The largest absolute Gasteiger partial charge is 0.496 e. The van der Waals surface area contributed by atoms with Gasteiger partial charge in [-0.1, -0.05) is 17.7 Å². The summed E-state index contributed by atoms with van der Waals surface area (Å²) in [6.07, 6.45) is 0.740. The minimum atomic E-state index is -0.411. The predicted octanol–water partition coefficient (Wildman–Crippen LogP) is 1.56. The van der Waals surface area contributed by atoms with Gasteiger partial charge in [0.15, 0.2) is 0 Å². The van der Waals surface area contributed by atoms with E-state index in [4.69, 9.17) is 10.5 Å². The third kappa shape index (κ3) is 3.15. The molecule has 0 aliphatic heterocycles. The van der Waals surface area contributed by atoms with E-state index in [-0.39, 0.29) is 0 Å². The lowest BCUT2D eigenvalue weighted by molar-refractivity contribution is 0.219. The second kappa shape index (κ2) is 5.39. The summed E-state index contributed by atoms with van der Waals surface area (Å²) < 4.78 is 5.26. The first kappa shape index (κ1) is 12.4. The molecular formula is C12H18N2O2. The van der Waals surface area contributed by atoms with Gasteiger partial charge in [-0.2, -0.15) is 0 Å². The molecule has 0 saturated heterocycles. The van der Waals surface area contributed by atoms with E-state index >= 15 is 0 Å². The van der Waals surface area contributed by atoms with Crippen LogP contribution in [0.4, 0.5) is 4.79 Å². The Balaban J connectivity index is 2.72. The Hall–Kier alpha value is -1.71. The molecule has 0 heterocycles. The fourth-order valence-electron chi connectivity index (χ4n) is 1.50. The monoisotopic (exact) mass is 222 g/mol. The van der Waals surface area contributed by atoms with Crippen LogP contribution in [0.5, 0.6) is 5.75 Å². The molecule has 2 amide bonds.